The van der Waals surface area contributed by atoms with Crippen molar-refractivity contribution < 1.29 is 24.2 Å². The predicted molar refractivity (Wildman–Crippen MR) is 137 cm³/mol. The number of ether oxygens (including phenoxy) is 1. The second kappa shape index (κ2) is 13.5. The van der Waals surface area contributed by atoms with Gasteiger partial charge in [0.1, 0.15) is 5.54 Å². The molecule has 0 aromatic heterocycles. The zero-order valence-electron chi connectivity index (χ0n) is 20.9. The highest BCUT2D eigenvalue weighted by molar-refractivity contribution is 5.92. The van der Waals surface area contributed by atoms with Crippen molar-refractivity contribution in [2.75, 3.05) is 18.5 Å². The first-order valence-corrected chi connectivity index (χ1v) is 12.2. The number of urea groups is 1. The summed E-state index contributed by atoms with van der Waals surface area (Å²) in [7, 11) is 1.73. The highest BCUT2D eigenvalue weighted by atomic mass is 16.7. The molecule has 8 nitrogen and oxygen atoms in total. The zero-order valence-corrected chi connectivity index (χ0v) is 20.9. The molecule has 35 heavy (non-hydrogen) atoms. The van der Waals surface area contributed by atoms with Crippen molar-refractivity contribution in [1.82, 2.24) is 5.32 Å². The lowest BCUT2D eigenvalue weighted by Crippen LogP contribution is -2.46. The summed E-state index contributed by atoms with van der Waals surface area (Å²) in [5, 5.41) is 11.8. The lowest BCUT2D eigenvalue weighted by Gasteiger charge is -2.26. The monoisotopic (exact) mass is 483 g/mol. The zero-order chi connectivity index (χ0) is 25.8. The molecule has 190 valence electrons. The Morgan fingerprint density at radius 1 is 0.971 bits per heavy atom. The average molecular weight is 484 g/mol. The van der Waals surface area contributed by atoms with Crippen LogP contribution < -0.4 is 16.0 Å². The average Bonchev–Trinajstić information content (AvgIpc) is 2.85. The van der Waals surface area contributed by atoms with E-state index in [0.29, 0.717) is 18.5 Å². The molecular formula is C27H37N3O5. The molecule has 0 bridgehead atoms. The van der Waals surface area contributed by atoms with Gasteiger partial charge in [0, 0.05) is 19.3 Å². The number of hydrogen-bond donors (Lipinski definition) is 3. The van der Waals surface area contributed by atoms with Gasteiger partial charge in [-0.15, -0.1) is 0 Å². The second-order valence-electron chi connectivity index (χ2n) is 8.71. The molecule has 0 aliphatic carbocycles. The van der Waals surface area contributed by atoms with E-state index in [1.165, 1.54) is 19.3 Å². The number of benzene rings is 2. The molecule has 0 radical (unpaired) electrons. The van der Waals surface area contributed by atoms with Crippen molar-refractivity contribution in [1.29, 1.82) is 0 Å². The van der Waals surface area contributed by atoms with Crippen LogP contribution in [0.5, 0.6) is 0 Å². The van der Waals surface area contributed by atoms with Gasteiger partial charge in [0.15, 0.2) is 0 Å². The van der Waals surface area contributed by atoms with Crippen LogP contribution in [0.25, 0.3) is 11.1 Å². The topological polar surface area (TPSA) is 122 Å². The number of carboxylic acid groups (broad SMARTS) is 1. The molecule has 2 aromatic carbocycles. The van der Waals surface area contributed by atoms with E-state index in [-0.39, 0.29) is 12.5 Å². The Kier molecular flexibility index (Phi) is 10.7. The van der Waals surface area contributed by atoms with Crippen molar-refractivity contribution in [3.63, 3.8) is 0 Å². The van der Waals surface area contributed by atoms with Gasteiger partial charge in [-0.2, -0.15) is 0 Å². The fourth-order valence-electron chi connectivity index (χ4n) is 3.94. The van der Waals surface area contributed by atoms with E-state index in [2.05, 4.69) is 17.0 Å². The van der Waals surface area contributed by atoms with Crippen LogP contribution in [0, 0.1) is 0 Å². The van der Waals surface area contributed by atoms with Gasteiger partial charge in [0.05, 0.1) is 0 Å². The second-order valence-corrected chi connectivity index (χ2v) is 8.71. The maximum absolute atomic E-state index is 12.6. The summed E-state index contributed by atoms with van der Waals surface area (Å²) < 4.78 is 4.36. The van der Waals surface area contributed by atoms with Crippen molar-refractivity contribution in [2.24, 2.45) is 5.73 Å². The third-order valence-corrected chi connectivity index (χ3v) is 6.02. The first-order chi connectivity index (χ1) is 16.7. The van der Waals surface area contributed by atoms with E-state index in [0.717, 1.165) is 29.7 Å². The fraction of sp³-hybridized carbons (Fsp3) is 0.444. The van der Waals surface area contributed by atoms with Crippen LogP contribution in [-0.2, 0) is 15.1 Å². The summed E-state index contributed by atoms with van der Waals surface area (Å²) in [6.07, 6.45) is 4.81. The molecule has 0 aliphatic heterocycles. The van der Waals surface area contributed by atoms with Crippen LogP contribution in [0.2, 0.25) is 0 Å². The molecule has 0 heterocycles. The molecule has 0 aliphatic rings. The van der Waals surface area contributed by atoms with Gasteiger partial charge in [-0.25, -0.2) is 14.4 Å². The van der Waals surface area contributed by atoms with Gasteiger partial charge in [-0.1, -0.05) is 82.3 Å². The van der Waals surface area contributed by atoms with Gasteiger partial charge in [0.25, 0.3) is 0 Å². The molecule has 8 heteroatoms. The van der Waals surface area contributed by atoms with E-state index in [1.807, 2.05) is 43.3 Å². The summed E-state index contributed by atoms with van der Waals surface area (Å²) in [6, 6.07) is 14.5. The van der Waals surface area contributed by atoms with E-state index >= 15 is 0 Å². The summed E-state index contributed by atoms with van der Waals surface area (Å²) in [4.78, 5) is 37.4. The molecule has 0 spiro atoms. The van der Waals surface area contributed by atoms with Crippen molar-refractivity contribution in [3.05, 3.63) is 54.1 Å². The number of nitrogens with zero attached hydrogens (tertiary/aromatic N) is 1. The van der Waals surface area contributed by atoms with E-state index in [9.17, 15) is 14.4 Å². The summed E-state index contributed by atoms with van der Waals surface area (Å²) in [6.45, 7) is 4.68. The molecule has 1 unspecified atom stereocenters. The molecule has 2 amide bonds. The molecule has 0 saturated heterocycles. The SMILES string of the molecule is CCCCCCCNC(=O)N(C)c1cccc(-c2ccc(C(N)(CCC)C(=O)OC(=O)O)cc2)c1. The van der Waals surface area contributed by atoms with Crippen LogP contribution in [0.15, 0.2) is 48.5 Å². The Labute approximate surface area is 207 Å². The van der Waals surface area contributed by atoms with E-state index < -0.39 is 17.7 Å². The van der Waals surface area contributed by atoms with Gasteiger partial charge < -0.3 is 20.9 Å². The van der Waals surface area contributed by atoms with E-state index in [4.69, 9.17) is 10.8 Å². The van der Waals surface area contributed by atoms with Crippen molar-refractivity contribution in [3.8, 4) is 11.1 Å². The maximum Gasteiger partial charge on any atom is 0.513 e. The third-order valence-electron chi connectivity index (χ3n) is 6.02. The Hall–Kier alpha value is -3.39. The molecule has 0 fully saturated rings. The van der Waals surface area contributed by atoms with Crippen molar-refractivity contribution >= 4 is 23.8 Å². The number of nitrogens with one attached hydrogen (secondary N) is 1. The number of esters is 1. The lowest BCUT2D eigenvalue weighted by molar-refractivity contribution is -0.146. The van der Waals surface area contributed by atoms with Gasteiger partial charge >= 0.3 is 18.2 Å². The van der Waals surface area contributed by atoms with Gasteiger partial charge in [0.2, 0.25) is 0 Å². The van der Waals surface area contributed by atoms with E-state index in [1.54, 1.807) is 24.1 Å². The Bertz CT molecular complexity index is 993. The van der Waals surface area contributed by atoms with Gasteiger partial charge in [-0.05, 0) is 41.7 Å². The Balaban J connectivity index is 2.12. The molecule has 2 rings (SSSR count). The predicted octanol–water partition coefficient (Wildman–Crippen LogP) is 5.65. The molecule has 1 atom stereocenters. The molecule has 2 aromatic rings. The number of hydrogen-bond acceptors (Lipinski definition) is 5. The van der Waals surface area contributed by atoms with Crippen LogP contribution >= 0.6 is 0 Å². The van der Waals surface area contributed by atoms with Crippen LogP contribution in [0.4, 0.5) is 15.3 Å². The summed E-state index contributed by atoms with van der Waals surface area (Å²) >= 11 is 0. The van der Waals surface area contributed by atoms with Crippen LogP contribution in [0.3, 0.4) is 0 Å². The Morgan fingerprint density at radius 2 is 1.66 bits per heavy atom. The largest absolute Gasteiger partial charge is 0.513 e. The first kappa shape index (κ1) is 27.9. The smallest absolute Gasteiger partial charge is 0.449 e. The first-order valence-electron chi connectivity index (χ1n) is 12.2. The lowest BCUT2D eigenvalue weighted by atomic mass is 9.85. The normalized spacial score (nSPS) is 12.5. The molecule has 4 N–H and O–H groups in total. The minimum Gasteiger partial charge on any atom is -0.449 e. The Morgan fingerprint density at radius 3 is 2.29 bits per heavy atom. The minimum atomic E-state index is -1.68. The maximum atomic E-state index is 12.6. The minimum absolute atomic E-state index is 0.155. The number of carbonyl (C=O) groups is 3. The summed E-state index contributed by atoms with van der Waals surface area (Å²) in [5.74, 6) is -1.00. The highest BCUT2D eigenvalue weighted by Crippen LogP contribution is 2.30. The highest BCUT2D eigenvalue weighted by Gasteiger charge is 2.38. The van der Waals surface area contributed by atoms with Crippen molar-refractivity contribution in [2.45, 2.75) is 64.3 Å². The number of rotatable bonds is 12. The number of amides is 2. The third kappa shape index (κ3) is 7.82. The number of unbranched alkanes of at least 4 members (excludes halogenated alkanes) is 4. The number of anilines is 1. The number of nitrogens with two attached hydrogens (primary N) is 1. The number of carbonyl (C=O) groups excluding carboxylic acids is 2. The van der Waals surface area contributed by atoms with Crippen LogP contribution in [-0.4, -0.2) is 36.9 Å². The standard InChI is InChI=1S/C27H37N3O5/c1-4-6-7-8-9-18-29-25(32)30(3)23-12-10-11-21(19-23)20-13-15-22(16-14-20)27(28,17-5-2)24(31)35-26(33)34/h10-16,19H,4-9,17-18,28H2,1-3H3,(H,29,32)(H,33,34). The van der Waals surface area contributed by atoms with Gasteiger partial charge in [-0.3, -0.25) is 4.90 Å². The molecular weight excluding hydrogens is 446 g/mol. The fourth-order valence-corrected chi connectivity index (χ4v) is 3.94. The van der Waals surface area contributed by atoms with Crippen LogP contribution in [0.1, 0.15) is 64.4 Å². The molecule has 0 saturated carbocycles. The quantitative estimate of drug-likeness (QED) is 0.204. The summed E-state index contributed by atoms with van der Waals surface area (Å²) in [5.41, 5.74) is 7.72.